The molecule has 1 aliphatic rings. The van der Waals surface area contributed by atoms with Crippen molar-refractivity contribution in [3.05, 3.63) is 54.0 Å². The molecule has 0 saturated carbocycles. The van der Waals surface area contributed by atoms with Crippen LogP contribution in [0, 0.1) is 18.3 Å². The van der Waals surface area contributed by atoms with E-state index in [0.717, 1.165) is 22.3 Å². The van der Waals surface area contributed by atoms with Gasteiger partial charge in [0.2, 0.25) is 0 Å². The summed E-state index contributed by atoms with van der Waals surface area (Å²) in [5.41, 5.74) is 3.44. The third kappa shape index (κ3) is 5.75. The van der Waals surface area contributed by atoms with Gasteiger partial charge in [-0.2, -0.15) is 5.10 Å². The molecule has 0 aliphatic carbocycles. The predicted molar refractivity (Wildman–Crippen MR) is 135 cm³/mol. The van der Waals surface area contributed by atoms with Gasteiger partial charge in [-0.15, -0.1) is 6.42 Å². The molecular weight excluding hydrogens is 460 g/mol. The quantitative estimate of drug-likeness (QED) is 0.366. The Morgan fingerprint density at radius 1 is 1.22 bits per heavy atom. The number of terminal acetylenes is 1. The number of rotatable bonds is 8. The van der Waals surface area contributed by atoms with E-state index in [1.165, 1.54) is 6.33 Å². The first kappa shape index (κ1) is 25.0. The summed E-state index contributed by atoms with van der Waals surface area (Å²) in [5.74, 6) is 2.46. The number of hydrogen-bond acceptors (Lipinski definition) is 8. The maximum atomic E-state index is 12.7. The molecule has 36 heavy (non-hydrogen) atoms. The Labute approximate surface area is 210 Å². The fraction of sp³-hybridized carbons (Fsp3) is 0.385. The maximum absolute atomic E-state index is 12.7. The van der Waals surface area contributed by atoms with E-state index in [9.17, 15) is 9.59 Å². The molecule has 2 aromatic heterocycles. The molecule has 0 radical (unpaired) electrons. The zero-order chi connectivity index (χ0) is 25.5. The third-order valence-electron chi connectivity index (χ3n) is 6.09. The minimum absolute atomic E-state index is 0.266. The summed E-state index contributed by atoms with van der Waals surface area (Å²) >= 11 is 0. The molecule has 2 atom stereocenters. The molecule has 188 valence electrons. The summed E-state index contributed by atoms with van der Waals surface area (Å²) in [5, 5.41) is 10.5. The van der Waals surface area contributed by atoms with Crippen molar-refractivity contribution >= 4 is 29.1 Å². The number of fused-ring (bicyclic) bond motifs is 1. The van der Waals surface area contributed by atoms with Crippen molar-refractivity contribution in [1.29, 1.82) is 0 Å². The molecule has 1 fully saturated rings. The SMILES string of the molecule is C#Cc1cccc(Nc2ncnn3ccc(CN4CCC(NC(=O)OCC)C(C(=O)OCC)C4)c23)c1. The number of carbonyl (C=O) groups excluding carboxylic acids is 2. The summed E-state index contributed by atoms with van der Waals surface area (Å²) in [6.45, 7) is 5.75. The summed E-state index contributed by atoms with van der Waals surface area (Å²) in [4.78, 5) is 31.4. The number of ether oxygens (including phenoxy) is 2. The van der Waals surface area contributed by atoms with Crippen molar-refractivity contribution in [1.82, 2.24) is 24.8 Å². The van der Waals surface area contributed by atoms with Crippen molar-refractivity contribution in [2.75, 3.05) is 31.6 Å². The average molecular weight is 491 g/mol. The summed E-state index contributed by atoms with van der Waals surface area (Å²) in [6, 6.07) is 9.20. The van der Waals surface area contributed by atoms with Crippen molar-refractivity contribution in [3.8, 4) is 12.3 Å². The average Bonchev–Trinajstić information content (AvgIpc) is 3.29. The number of carbonyl (C=O) groups is 2. The molecular formula is C26H30N6O4. The van der Waals surface area contributed by atoms with Gasteiger partial charge in [0.15, 0.2) is 5.82 Å². The molecule has 2 N–H and O–H groups in total. The Kier molecular flexibility index (Phi) is 8.02. The van der Waals surface area contributed by atoms with Crippen LogP contribution in [0.2, 0.25) is 0 Å². The summed E-state index contributed by atoms with van der Waals surface area (Å²) in [6.07, 6.45) is 8.99. The Bertz CT molecular complexity index is 1270. The van der Waals surface area contributed by atoms with Gasteiger partial charge in [0.05, 0.1) is 19.1 Å². The highest BCUT2D eigenvalue weighted by molar-refractivity contribution is 5.77. The number of hydrogen-bond donors (Lipinski definition) is 2. The highest BCUT2D eigenvalue weighted by Crippen LogP contribution is 2.27. The highest BCUT2D eigenvalue weighted by Gasteiger charge is 2.37. The van der Waals surface area contributed by atoms with E-state index in [2.05, 4.69) is 31.5 Å². The number of anilines is 2. The summed E-state index contributed by atoms with van der Waals surface area (Å²) < 4.78 is 12.1. The van der Waals surface area contributed by atoms with Crippen molar-refractivity contribution in [2.24, 2.45) is 5.92 Å². The van der Waals surface area contributed by atoms with Crippen molar-refractivity contribution < 1.29 is 19.1 Å². The standard InChI is InChI=1S/C26H30N6O4/c1-4-18-8-7-9-20(14-18)29-24-23-19(10-13-32(23)28-17-27-24)15-31-12-11-22(30-26(34)36-6-3)21(16-31)25(33)35-5-2/h1,7-10,13-14,17,21-22H,5-6,11-12,15-16H2,2-3H3,(H,30,34)(H,27,28,29). The predicted octanol–water partition coefficient (Wildman–Crippen LogP) is 2.95. The highest BCUT2D eigenvalue weighted by atomic mass is 16.5. The molecule has 0 spiro atoms. The minimum Gasteiger partial charge on any atom is -0.466 e. The van der Waals surface area contributed by atoms with E-state index in [4.69, 9.17) is 15.9 Å². The van der Waals surface area contributed by atoms with Gasteiger partial charge in [-0.25, -0.2) is 14.3 Å². The van der Waals surface area contributed by atoms with Gasteiger partial charge < -0.3 is 20.1 Å². The first-order valence-corrected chi connectivity index (χ1v) is 12.0. The first-order valence-electron chi connectivity index (χ1n) is 12.0. The van der Waals surface area contributed by atoms with E-state index >= 15 is 0 Å². The fourth-order valence-corrected chi connectivity index (χ4v) is 4.45. The van der Waals surface area contributed by atoms with E-state index in [1.807, 2.05) is 36.5 Å². The Morgan fingerprint density at radius 3 is 2.83 bits per heavy atom. The van der Waals surface area contributed by atoms with Crippen LogP contribution in [0.4, 0.5) is 16.3 Å². The zero-order valence-corrected chi connectivity index (χ0v) is 20.4. The first-order chi connectivity index (χ1) is 17.5. The molecule has 10 heteroatoms. The topological polar surface area (TPSA) is 110 Å². The number of piperidine rings is 1. The number of esters is 1. The van der Waals surface area contributed by atoms with Crippen molar-refractivity contribution in [2.45, 2.75) is 32.9 Å². The van der Waals surface area contributed by atoms with Gasteiger partial charge in [-0.3, -0.25) is 9.69 Å². The van der Waals surface area contributed by atoms with Gasteiger partial charge in [0, 0.05) is 43.1 Å². The second kappa shape index (κ2) is 11.6. The van der Waals surface area contributed by atoms with Crippen LogP contribution in [0.25, 0.3) is 5.52 Å². The van der Waals surface area contributed by atoms with Crippen LogP contribution in [-0.4, -0.2) is 63.9 Å². The lowest BCUT2D eigenvalue weighted by atomic mass is 9.92. The normalized spacial score (nSPS) is 17.8. The molecule has 1 aliphatic heterocycles. The monoisotopic (exact) mass is 490 g/mol. The van der Waals surface area contributed by atoms with Crippen LogP contribution in [-0.2, 0) is 20.8 Å². The van der Waals surface area contributed by atoms with E-state index < -0.39 is 12.0 Å². The van der Waals surface area contributed by atoms with Gasteiger partial charge in [0.1, 0.15) is 11.8 Å². The molecule has 0 bridgehead atoms. The molecule has 10 nitrogen and oxygen atoms in total. The van der Waals surface area contributed by atoms with Crippen LogP contribution in [0.3, 0.4) is 0 Å². The molecule has 3 heterocycles. The lowest BCUT2D eigenvalue weighted by Gasteiger charge is -2.37. The van der Waals surface area contributed by atoms with Gasteiger partial charge in [0.25, 0.3) is 0 Å². The number of benzene rings is 1. The lowest BCUT2D eigenvalue weighted by molar-refractivity contribution is -0.151. The number of alkyl carbamates (subject to hydrolysis) is 1. The van der Waals surface area contributed by atoms with Crippen LogP contribution in [0.5, 0.6) is 0 Å². The van der Waals surface area contributed by atoms with E-state index in [1.54, 1.807) is 18.4 Å². The van der Waals surface area contributed by atoms with Crippen molar-refractivity contribution in [3.63, 3.8) is 0 Å². The van der Waals surface area contributed by atoms with Crippen LogP contribution in [0.1, 0.15) is 31.4 Å². The zero-order valence-electron chi connectivity index (χ0n) is 20.4. The van der Waals surface area contributed by atoms with Crippen LogP contribution < -0.4 is 10.6 Å². The second-order valence-electron chi connectivity index (χ2n) is 8.45. The maximum Gasteiger partial charge on any atom is 0.407 e. The molecule has 2 unspecified atom stereocenters. The fourth-order valence-electron chi connectivity index (χ4n) is 4.45. The van der Waals surface area contributed by atoms with Gasteiger partial charge >= 0.3 is 12.1 Å². The number of amides is 1. The lowest BCUT2D eigenvalue weighted by Crippen LogP contribution is -2.53. The molecule has 4 rings (SSSR count). The van der Waals surface area contributed by atoms with E-state index in [-0.39, 0.29) is 25.2 Å². The van der Waals surface area contributed by atoms with Gasteiger partial charge in [-0.05, 0) is 50.1 Å². The number of nitrogens with zero attached hydrogens (tertiary/aromatic N) is 4. The number of likely N-dealkylation sites (tertiary alicyclic amines) is 1. The second-order valence-corrected chi connectivity index (χ2v) is 8.45. The number of nitrogens with one attached hydrogen (secondary N) is 2. The van der Waals surface area contributed by atoms with Gasteiger partial charge in [-0.1, -0.05) is 12.0 Å². The molecule has 1 amide bonds. The Hall–Kier alpha value is -4.10. The van der Waals surface area contributed by atoms with Crippen LogP contribution in [0.15, 0.2) is 42.9 Å². The largest absolute Gasteiger partial charge is 0.466 e. The van der Waals surface area contributed by atoms with Crippen LogP contribution >= 0.6 is 0 Å². The molecule has 1 aromatic carbocycles. The summed E-state index contributed by atoms with van der Waals surface area (Å²) in [7, 11) is 0. The third-order valence-corrected chi connectivity index (χ3v) is 6.09. The smallest absolute Gasteiger partial charge is 0.407 e. The molecule has 1 saturated heterocycles. The molecule has 3 aromatic rings. The Morgan fingerprint density at radius 2 is 2.06 bits per heavy atom. The minimum atomic E-state index is -0.523. The van der Waals surface area contributed by atoms with E-state index in [0.29, 0.717) is 31.9 Å². The Balaban J connectivity index is 1.54. The number of aromatic nitrogens is 3.